The van der Waals surface area contributed by atoms with Crippen LogP contribution in [0.1, 0.15) is 0 Å². The molecule has 0 saturated carbocycles. The summed E-state index contributed by atoms with van der Waals surface area (Å²) in [4.78, 5) is 21.3. The first-order valence-corrected chi connectivity index (χ1v) is 4.21. The van der Waals surface area contributed by atoms with E-state index in [1.54, 1.807) is 0 Å². The Bertz CT molecular complexity index is 205. The van der Waals surface area contributed by atoms with Crippen molar-refractivity contribution in [3.8, 4) is 0 Å². The minimum absolute atomic E-state index is 0.984. The molecule has 0 aromatic rings. The first-order chi connectivity index (χ1) is 5.34. The predicted octanol–water partition coefficient (Wildman–Crippen LogP) is 1.48. The van der Waals surface area contributed by atoms with Crippen molar-refractivity contribution in [3.05, 3.63) is 0 Å². The molecule has 0 aliphatic heterocycles. The van der Waals surface area contributed by atoms with Crippen LogP contribution in [-0.4, -0.2) is 28.5 Å². The number of halogens is 4. The van der Waals surface area contributed by atoms with E-state index in [0.717, 1.165) is 7.11 Å². The summed E-state index contributed by atoms with van der Waals surface area (Å²) in [5, 5.41) is 0. The predicted molar refractivity (Wildman–Crippen MR) is 43.6 cm³/mol. The second kappa shape index (κ2) is 4.27. The van der Waals surface area contributed by atoms with Gasteiger partial charge in [0, 0.05) is 0 Å². The molecule has 12 heavy (non-hydrogen) atoms. The van der Waals surface area contributed by atoms with E-state index in [4.69, 9.17) is 0 Å². The number of methoxy groups -OCH3 is 1. The van der Waals surface area contributed by atoms with E-state index in [9.17, 15) is 18.4 Å². The van der Waals surface area contributed by atoms with Gasteiger partial charge in [0.05, 0.1) is 7.11 Å². The standard InChI is InChI=1S/C5H4Br2F2O3/c1-12-4(11)5(6,7)2(10)3(8)9/h3H,1H3. The van der Waals surface area contributed by atoms with E-state index in [2.05, 4.69) is 36.6 Å². The van der Waals surface area contributed by atoms with Crippen molar-refractivity contribution in [2.75, 3.05) is 7.11 Å². The highest BCUT2D eigenvalue weighted by Gasteiger charge is 2.46. The molecule has 3 nitrogen and oxygen atoms in total. The monoisotopic (exact) mass is 308 g/mol. The number of hydrogen-bond donors (Lipinski definition) is 0. The molecule has 70 valence electrons. The maximum atomic E-state index is 11.8. The van der Waals surface area contributed by atoms with E-state index < -0.39 is 21.4 Å². The van der Waals surface area contributed by atoms with Crippen LogP contribution in [0.3, 0.4) is 0 Å². The summed E-state index contributed by atoms with van der Waals surface area (Å²) in [6.45, 7) is 0. The molecule has 0 rings (SSSR count). The molecule has 0 atom stereocenters. The Hall–Kier alpha value is -0.0400. The lowest BCUT2D eigenvalue weighted by molar-refractivity contribution is -0.146. The third-order valence-corrected chi connectivity index (χ3v) is 2.38. The summed E-state index contributed by atoms with van der Waals surface area (Å²) in [5.74, 6) is -2.71. The molecule has 0 amide bonds. The fraction of sp³-hybridized carbons (Fsp3) is 0.600. The third-order valence-electron chi connectivity index (χ3n) is 0.949. The highest BCUT2D eigenvalue weighted by Crippen LogP contribution is 2.31. The molecule has 7 heteroatoms. The van der Waals surface area contributed by atoms with Gasteiger partial charge in [-0.25, -0.2) is 13.6 Å². The second-order valence-corrected chi connectivity index (χ2v) is 5.17. The Labute approximate surface area is 83.7 Å². The van der Waals surface area contributed by atoms with Gasteiger partial charge in [-0.2, -0.15) is 0 Å². The summed E-state index contributed by atoms with van der Waals surface area (Å²) in [5.41, 5.74) is 0. The number of ketones is 1. The number of alkyl halides is 4. The van der Waals surface area contributed by atoms with Crippen molar-refractivity contribution in [2.24, 2.45) is 0 Å². The Kier molecular flexibility index (Phi) is 4.25. The summed E-state index contributed by atoms with van der Waals surface area (Å²) >= 11 is 4.97. The molecule has 0 aliphatic rings. The number of carbonyl (C=O) groups is 2. The van der Waals surface area contributed by atoms with Crippen LogP contribution < -0.4 is 0 Å². The molecule has 0 fully saturated rings. The van der Waals surface area contributed by atoms with Gasteiger partial charge in [-0.3, -0.25) is 4.79 Å². The molecule has 0 heterocycles. The van der Waals surface area contributed by atoms with Gasteiger partial charge in [0.2, 0.25) is 9.02 Å². The van der Waals surface area contributed by atoms with E-state index in [1.165, 1.54) is 0 Å². The zero-order valence-corrected chi connectivity index (χ0v) is 8.99. The molecule has 0 unspecified atom stereocenters. The SMILES string of the molecule is COC(=O)C(Br)(Br)C(=O)C(F)F. The maximum Gasteiger partial charge on any atom is 0.341 e. The normalized spacial score (nSPS) is 11.5. The van der Waals surface area contributed by atoms with Crippen LogP contribution in [0.25, 0.3) is 0 Å². The molecule has 0 spiro atoms. The molecule has 0 saturated heterocycles. The molecular formula is C5H4Br2F2O3. The lowest BCUT2D eigenvalue weighted by Crippen LogP contribution is -2.39. The number of carbonyl (C=O) groups excluding carboxylic acids is 2. The first kappa shape index (κ1) is 12.0. The van der Waals surface area contributed by atoms with Crippen LogP contribution >= 0.6 is 31.9 Å². The number of ether oxygens (including phenoxy) is 1. The van der Waals surface area contributed by atoms with Crippen molar-refractivity contribution in [2.45, 2.75) is 9.66 Å². The van der Waals surface area contributed by atoms with Crippen molar-refractivity contribution < 1.29 is 23.1 Å². The third kappa shape index (κ3) is 2.48. The highest BCUT2D eigenvalue weighted by molar-refractivity contribution is 9.26. The van der Waals surface area contributed by atoms with Gasteiger partial charge in [0.25, 0.3) is 6.43 Å². The first-order valence-electron chi connectivity index (χ1n) is 2.62. The molecule has 0 aromatic heterocycles. The summed E-state index contributed by atoms with van der Waals surface area (Å²) < 4.78 is 25.6. The molecule has 0 bridgehead atoms. The highest BCUT2D eigenvalue weighted by atomic mass is 79.9. The largest absolute Gasteiger partial charge is 0.467 e. The number of Topliss-reactive ketones (excluding diaryl/α,β-unsaturated/α-hetero) is 1. The Morgan fingerprint density at radius 2 is 1.83 bits per heavy atom. The maximum absolute atomic E-state index is 11.8. The quantitative estimate of drug-likeness (QED) is 0.450. The zero-order valence-electron chi connectivity index (χ0n) is 5.81. The van der Waals surface area contributed by atoms with Crippen LogP contribution in [0, 0.1) is 0 Å². The van der Waals surface area contributed by atoms with Crippen molar-refractivity contribution in [1.29, 1.82) is 0 Å². The fourth-order valence-electron chi connectivity index (χ4n) is 0.366. The van der Waals surface area contributed by atoms with Gasteiger partial charge in [-0.1, -0.05) is 31.9 Å². The lowest BCUT2D eigenvalue weighted by atomic mass is 10.3. The molecular weight excluding hydrogens is 306 g/mol. The number of rotatable bonds is 3. The van der Waals surface area contributed by atoms with Gasteiger partial charge < -0.3 is 4.74 Å². The van der Waals surface area contributed by atoms with Crippen molar-refractivity contribution >= 4 is 43.6 Å². The van der Waals surface area contributed by atoms with Gasteiger partial charge in [0.1, 0.15) is 0 Å². The average molecular weight is 310 g/mol. The number of hydrogen-bond acceptors (Lipinski definition) is 3. The van der Waals surface area contributed by atoms with E-state index in [-0.39, 0.29) is 0 Å². The van der Waals surface area contributed by atoms with Crippen LogP contribution in [0.5, 0.6) is 0 Å². The van der Waals surface area contributed by atoms with Crippen LogP contribution in [0.4, 0.5) is 8.78 Å². The van der Waals surface area contributed by atoms with Crippen LogP contribution in [-0.2, 0) is 14.3 Å². The van der Waals surface area contributed by atoms with E-state index in [0.29, 0.717) is 0 Å². The van der Waals surface area contributed by atoms with Crippen LogP contribution in [0.15, 0.2) is 0 Å². The second-order valence-electron chi connectivity index (χ2n) is 1.73. The molecule has 0 aliphatic carbocycles. The molecule has 0 N–H and O–H groups in total. The Morgan fingerprint density at radius 1 is 1.42 bits per heavy atom. The Morgan fingerprint density at radius 3 is 2.08 bits per heavy atom. The summed E-state index contributed by atoms with van der Waals surface area (Å²) in [7, 11) is 0.984. The van der Waals surface area contributed by atoms with Crippen molar-refractivity contribution in [1.82, 2.24) is 0 Å². The minimum atomic E-state index is -3.23. The van der Waals surface area contributed by atoms with E-state index in [1.807, 2.05) is 0 Å². The van der Waals surface area contributed by atoms with Gasteiger partial charge >= 0.3 is 5.97 Å². The summed E-state index contributed by atoms with van der Waals surface area (Å²) in [6.07, 6.45) is -3.23. The lowest BCUT2D eigenvalue weighted by Gasteiger charge is -2.14. The smallest absolute Gasteiger partial charge is 0.341 e. The Balaban J connectivity index is 4.61. The fourth-order valence-corrected chi connectivity index (χ4v) is 1.04. The van der Waals surface area contributed by atoms with Gasteiger partial charge in [-0.15, -0.1) is 0 Å². The van der Waals surface area contributed by atoms with Gasteiger partial charge in [0.15, 0.2) is 0 Å². The molecule has 0 radical (unpaired) electrons. The van der Waals surface area contributed by atoms with Gasteiger partial charge in [-0.05, 0) is 0 Å². The minimum Gasteiger partial charge on any atom is -0.467 e. The summed E-state index contributed by atoms with van der Waals surface area (Å²) in [6, 6.07) is 0. The number of esters is 1. The van der Waals surface area contributed by atoms with Crippen molar-refractivity contribution in [3.63, 3.8) is 0 Å². The van der Waals surface area contributed by atoms with E-state index >= 15 is 0 Å². The van der Waals surface area contributed by atoms with Crippen LogP contribution in [0.2, 0.25) is 0 Å². The average Bonchev–Trinajstić information content (AvgIpc) is 2.01. The topological polar surface area (TPSA) is 43.4 Å². The molecule has 0 aromatic carbocycles. The zero-order chi connectivity index (χ0) is 9.94.